The van der Waals surface area contributed by atoms with E-state index < -0.39 is 0 Å². The molecular formula is C18H28N4O2. The minimum Gasteiger partial charge on any atom is -0.355 e. The Morgan fingerprint density at radius 3 is 2.42 bits per heavy atom. The molecular weight excluding hydrogens is 304 g/mol. The van der Waals surface area contributed by atoms with Gasteiger partial charge in [-0.15, -0.1) is 0 Å². The fraction of sp³-hybridized carbons (Fsp3) is 0.556. The Hall–Kier alpha value is -2.08. The molecule has 3 N–H and O–H groups in total. The first kappa shape index (κ1) is 18.3. The molecule has 0 saturated carbocycles. The van der Waals surface area contributed by atoms with Gasteiger partial charge in [0.05, 0.1) is 0 Å². The van der Waals surface area contributed by atoms with Gasteiger partial charge in [-0.2, -0.15) is 0 Å². The molecule has 0 aliphatic carbocycles. The number of rotatable bonds is 5. The Kier molecular flexibility index (Phi) is 6.61. The van der Waals surface area contributed by atoms with E-state index in [1.807, 2.05) is 0 Å². The average molecular weight is 332 g/mol. The summed E-state index contributed by atoms with van der Waals surface area (Å²) in [5.74, 6) is 0.665. The number of carbonyl (C=O) groups is 2. The number of nitrogens with one attached hydrogen (secondary N) is 3. The van der Waals surface area contributed by atoms with Crippen LogP contribution in [0, 0.1) is 5.92 Å². The summed E-state index contributed by atoms with van der Waals surface area (Å²) in [5, 5.41) is 8.27. The zero-order valence-corrected chi connectivity index (χ0v) is 14.8. The Bertz CT molecular complexity index is 551. The molecule has 0 bridgehead atoms. The van der Waals surface area contributed by atoms with Gasteiger partial charge in [0.15, 0.2) is 0 Å². The first-order valence-electron chi connectivity index (χ1n) is 8.60. The van der Waals surface area contributed by atoms with Gasteiger partial charge in [0.25, 0.3) is 5.91 Å². The molecule has 1 heterocycles. The first-order chi connectivity index (χ1) is 11.5. The lowest BCUT2D eigenvalue weighted by Gasteiger charge is -2.34. The van der Waals surface area contributed by atoms with Gasteiger partial charge in [-0.3, -0.25) is 9.69 Å². The molecule has 2 rings (SSSR count). The number of anilines is 1. The van der Waals surface area contributed by atoms with Gasteiger partial charge < -0.3 is 16.0 Å². The minimum absolute atomic E-state index is 0.143. The molecule has 0 radical (unpaired) electrons. The van der Waals surface area contributed by atoms with Crippen LogP contribution in [0.1, 0.15) is 37.0 Å². The number of nitrogens with zero attached hydrogens (tertiary/aromatic N) is 1. The molecule has 0 unspecified atom stereocenters. The molecule has 1 atom stereocenters. The van der Waals surface area contributed by atoms with Gasteiger partial charge in [-0.05, 0) is 63.0 Å². The summed E-state index contributed by atoms with van der Waals surface area (Å²) in [7, 11) is 1.59. The summed E-state index contributed by atoms with van der Waals surface area (Å²) in [6.07, 6.45) is 2.46. The molecule has 0 spiro atoms. The molecule has 1 fully saturated rings. The lowest BCUT2D eigenvalue weighted by atomic mass is 9.98. The van der Waals surface area contributed by atoms with Crippen LogP contribution in [-0.4, -0.2) is 49.6 Å². The molecule has 1 aromatic carbocycles. The van der Waals surface area contributed by atoms with Gasteiger partial charge >= 0.3 is 6.03 Å². The van der Waals surface area contributed by atoms with Crippen molar-refractivity contribution in [3.8, 4) is 0 Å². The van der Waals surface area contributed by atoms with E-state index in [0.717, 1.165) is 19.0 Å². The predicted octanol–water partition coefficient (Wildman–Crippen LogP) is 2.29. The van der Waals surface area contributed by atoms with Crippen LogP contribution >= 0.6 is 0 Å². The summed E-state index contributed by atoms with van der Waals surface area (Å²) in [4.78, 5) is 25.9. The van der Waals surface area contributed by atoms with Gasteiger partial charge in [0, 0.05) is 30.9 Å². The molecule has 0 aromatic heterocycles. The quantitative estimate of drug-likeness (QED) is 0.774. The van der Waals surface area contributed by atoms with Crippen molar-refractivity contribution in [1.29, 1.82) is 0 Å². The van der Waals surface area contributed by atoms with Crippen LogP contribution in [0.5, 0.6) is 0 Å². The molecule has 1 aromatic rings. The van der Waals surface area contributed by atoms with Crippen molar-refractivity contribution in [1.82, 2.24) is 15.5 Å². The van der Waals surface area contributed by atoms with Crippen molar-refractivity contribution in [2.24, 2.45) is 5.92 Å². The van der Waals surface area contributed by atoms with E-state index in [4.69, 9.17) is 0 Å². The fourth-order valence-corrected chi connectivity index (χ4v) is 2.86. The number of likely N-dealkylation sites (tertiary alicyclic amines) is 1. The highest BCUT2D eigenvalue weighted by atomic mass is 16.2. The van der Waals surface area contributed by atoms with Crippen molar-refractivity contribution < 1.29 is 9.59 Å². The third-order valence-corrected chi connectivity index (χ3v) is 4.63. The Balaban J connectivity index is 1.75. The number of hydrogen-bond donors (Lipinski definition) is 3. The smallest absolute Gasteiger partial charge is 0.319 e. The van der Waals surface area contributed by atoms with E-state index in [1.165, 1.54) is 12.8 Å². The van der Waals surface area contributed by atoms with Crippen molar-refractivity contribution in [3.63, 3.8) is 0 Å². The third-order valence-electron chi connectivity index (χ3n) is 4.63. The number of carbonyl (C=O) groups excluding carboxylic acids is 2. The summed E-state index contributed by atoms with van der Waals surface area (Å²) < 4.78 is 0. The van der Waals surface area contributed by atoms with Gasteiger partial charge in [0.2, 0.25) is 0 Å². The Morgan fingerprint density at radius 1 is 1.21 bits per heavy atom. The summed E-state index contributed by atoms with van der Waals surface area (Å²) >= 11 is 0. The van der Waals surface area contributed by atoms with E-state index in [0.29, 0.717) is 23.8 Å². The maximum absolute atomic E-state index is 12.0. The second kappa shape index (κ2) is 8.68. The largest absolute Gasteiger partial charge is 0.355 e. The minimum atomic E-state index is -0.222. The van der Waals surface area contributed by atoms with Crippen molar-refractivity contribution >= 4 is 17.6 Å². The predicted molar refractivity (Wildman–Crippen MR) is 96.3 cm³/mol. The van der Waals surface area contributed by atoms with Gasteiger partial charge in [-0.25, -0.2) is 4.79 Å². The molecule has 132 valence electrons. The summed E-state index contributed by atoms with van der Waals surface area (Å²) in [6, 6.07) is 6.93. The van der Waals surface area contributed by atoms with E-state index in [1.54, 1.807) is 31.3 Å². The normalized spacial score (nSPS) is 17.1. The second-order valence-electron chi connectivity index (χ2n) is 6.56. The molecule has 1 aliphatic rings. The van der Waals surface area contributed by atoms with Crippen molar-refractivity contribution in [2.45, 2.75) is 32.7 Å². The van der Waals surface area contributed by atoms with E-state index in [9.17, 15) is 9.59 Å². The van der Waals surface area contributed by atoms with Crippen LogP contribution in [0.3, 0.4) is 0 Å². The lowest BCUT2D eigenvalue weighted by molar-refractivity contribution is 0.0963. The van der Waals surface area contributed by atoms with E-state index in [2.05, 4.69) is 34.7 Å². The monoisotopic (exact) mass is 332 g/mol. The maximum atomic E-state index is 12.0. The highest BCUT2D eigenvalue weighted by Crippen LogP contribution is 2.17. The molecule has 3 amide bonds. The molecule has 6 nitrogen and oxygen atoms in total. The van der Waals surface area contributed by atoms with Crippen molar-refractivity contribution in [2.75, 3.05) is 32.0 Å². The van der Waals surface area contributed by atoms with Crippen LogP contribution in [0.2, 0.25) is 0 Å². The lowest BCUT2D eigenvalue weighted by Crippen LogP contribution is -2.46. The average Bonchev–Trinajstić information content (AvgIpc) is 2.60. The number of piperidine rings is 1. The van der Waals surface area contributed by atoms with Gasteiger partial charge in [-0.1, -0.05) is 6.92 Å². The number of hydrogen-bond acceptors (Lipinski definition) is 3. The maximum Gasteiger partial charge on any atom is 0.319 e. The SMILES string of the molecule is CNC(=O)c1ccc(NC(=O)NC[C@H](C)N2CCC(C)CC2)cc1. The van der Waals surface area contributed by atoms with Crippen LogP contribution in [0.25, 0.3) is 0 Å². The Morgan fingerprint density at radius 2 is 1.83 bits per heavy atom. The molecule has 6 heteroatoms. The van der Waals surface area contributed by atoms with Crippen LogP contribution in [-0.2, 0) is 0 Å². The van der Waals surface area contributed by atoms with Crippen molar-refractivity contribution in [3.05, 3.63) is 29.8 Å². The Labute approximate surface area is 144 Å². The summed E-state index contributed by atoms with van der Waals surface area (Å²) in [5.41, 5.74) is 1.23. The molecule has 1 saturated heterocycles. The summed E-state index contributed by atoms with van der Waals surface area (Å²) in [6.45, 7) is 7.27. The van der Waals surface area contributed by atoms with Crippen LogP contribution in [0.4, 0.5) is 10.5 Å². The van der Waals surface area contributed by atoms with Gasteiger partial charge in [0.1, 0.15) is 0 Å². The first-order valence-corrected chi connectivity index (χ1v) is 8.60. The topological polar surface area (TPSA) is 73.5 Å². The molecule has 1 aliphatic heterocycles. The van der Waals surface area contributed by atoms with Crippen LogP contribution < -0.4 is 16.0 Å². The zero-order valence-electron chi connectivity index (χ0n) is 14.8. The third kappa shape index (κ3) is 5.23. The second-order valence-corrected chi connectivity index (χ2v) is 6.56. The van der Waals surface area contributed by atoms with E-state index >= 15 is 0 Å². The number of amides is 3. The zero-order chi connectivity index (χ0) is 17.5. The highest BCUT2D eigenvalue weighted by molar-refractivity contribution is 5.95. The number of benzene rings is 1. The fourth-order valence-electron chi connectivity index (χ4n) is 2.86. The number of urea groups is 1. The standard InChI is InChI=1S/C18H28N4O2/c1-13-8-10-22(11-9-13)14(2)12-20-18(24)21-16-6-4-15(5-7-16)17(23)19-3/h4-7,13-14H,8-12H2,1-3H3,(H,19,23)(H2,20,21,24)/t14-/m0/s1. The van der Waals surface area contributed by atoms with Crippen LogP contribution in [0.15, 0.2) is 24.3 Å². The van der Waals surface area contributed by atoms with E-state index in [-0.39, 0.29) is 11.9 Å². The molecule has 24 heavy (non-hydrogen) atoms. The highest BCUT2D eigenvalue weighted by Gasteiger charge is 2.20.